The van der Waals surface area contributed by atoms with Gasteiger partial charge in [-0.1, -0.05) is 6.07 Å². The van der Waals surface area contributed by atoms with Crippen molar-refractivity contribution in [3.05, 3.63) is 95.9 Å². The highest BCUT2D eigenvalue weighted by Crippen LogP contribution is 2.26. The number of nitrogens with one attached hydrogen (secondary N) is 1. The third kappa shape index (κ3) is 3.91. The van der Waals surface area contributed by atoms with E-state index in [4.69, 9.17) is 0 Å². The molecular formula is C23H16F2N4O. The molecule has 0 unspecified atom stereocenters. The van der Waals surface area contributed by atoms with Crippen LogP contribution in [-0.2, 0) is 0 Å². The number of hydrogen-bond acceptors (Lipinski definition) is 4. The van der Waals surface area contributed by atoms with Gasteiger partial charge in [-0.2, -0.15) is 0 Å². The van der Waals surface area contributed by atoms with E-state index in [-0.39, 0.29) is 11.4 Å². The van der Waals surface area contributed by atoms with Crippen LogP contribution >= 0.6 is 0 Å². The standard InChI is InChI=1S/C23H16F2N4O/c1-14-19(25)3-2-4-20(14)28-23(30)18-13-27-22(16-5-7-17(24)8-6-16)29-21(18)15-9-11-26-12-10-15/h2-13H,1H3,(H,28,30). The van der Waals surface area contributed by atoms with Gasteiger partial charge in [0.05, 0.1) is 11.3 Å². The third-order valence-electron chi connectivity index (χ3n) is 4.61. The van der Waals surface area contributed by atoms with Crippen LogP contribution in [0.3, 0.4) is 0 Å². The molecule has 148 valence electrons. The molecule has 0 saturated carbocycles. The summed E-state index contributed by atoms with van der Waals surface area (Å²) in [7, 11) is 0. The second kappa shape index (κ2) is 8.16. The van der Waals surface area contributed by atoms with Gasteiger partial charge in [0, 0.05) is 41.0 Å². The molecular weight excluding hydrogens is 386 g/mol. The fourth-order valence-corrected chi connectivity index (χ4v) is 2.95. The van der Waals surface area contributed by atoms with Crippen molar-refractivity contribution >= 4 is 11.6 Å². The maximum Gasteiger partial charge on any atom is 0.259 e. The van der Waals surface area contributed by atoms with Crippen LogP contribution in [0.1, 0.15) is 15.9 Å². The van der Waals surface area contributed by atoms with Crippen molar-refractivity contribution in [3.63, 3.8) is 0 Å². The lowest BCUT2D eigenvalue weighted by Crippen LogP contribution is -2.16. The van der Waals surface area contributed by atoms with Gasteiger partial charge in [-0.3, -0.25) is 9.78 Å². The van der Waals surface area contributed by atoms with Gasteiger partial charge >= 0.3 is 0 Å². The summed E-state index contributed by atoms with van der Waals surface area (Å²) in [5.74, 6) is -0.902. The minimum absolute atomic E-state index is 0.218. The molecule has 1 N–H and O–H groups in total. The minimum atomic E-state index is -0.471. The number of amides is 1. The minimum Gasteiger partial charge on any atom is -0.322 e. The summed E-state index contributed by atoms with van der Waals surface area (Å²) in [6, 6.07) is 13.7. The monoisotopic (exact) mass is 402 g/mol. The number of nitrogens with zero attached hydrogens (tertiary/aromatic N) is 3. The van der Waals surface area contributed by atoms with Crippen molar-refractivity contribution in [1.29, 1.82) is 0 Å². The van der Waals surface area contributed by atoms with Crippen LogP contribution in [0.5, 0.6) is 0 Å². The Morgan fingerprint density at radius 2 is 1.67 bits per heavy atom. The van der Waals surface area contributed by atoms with E-state index in [2.05, 4.69) is 20.3 Å². The lowest BCUT2D eigenvalue weighted by atomic mass is 10.1. The van der Waals surface area contributed by atoms with Gasteiger partial charge in [0.15, 0.2) is 5.82 Å². The van der Waals surface area contributed by atoms with E-state index in [1.807, 2.05) is 0 Å². The molecule has 4 rings (SSSR count). The summed E-state index contributed by atoms with van der Waals surface area (Å²) in [6.07, 6.45) is 4.59. The Balaban J connectivity index is 1.77. The summed E-state index contributed by atoms with van der Waals surface area (Å²) in [5.41, 5.74) is 2.58. The maximum atomic E-state index is 13.8. The van der Waals surface area contributed by atoms with Gasteiger partial charge in [0.2, 0.25) is 0 Å². The van der Waals surface area contributed by atoms with Crippen LogP contribution in [0, 0.1) is 18.6 Å². The zero-order valence-electron chi connectivity index (χ0n) is 15.9. The summed E-state index contributed by atoms with van der Waals surface area (Å²) in [4.78, 5) is 25.8. The first kappa shape index (κ1) is 19.3. The van der Waals surface area contributed by atoms with Crippen LogP contribution in [0.2, 0.25) is 0 Å². The number of pyridine rings is 1. The predicted molar refractivity (Wildman–Crippen MR) is 110 cm³/mol. The zero-order valence-corrected chi connectivity index (χ0v) is 15.9. The Bertz CT molecular complexity index is 1210. The first-order valence-corrected chi connectivity index (χ1v) is 9.13. The number of anilines is 1. The van der Waals surface area contributed by atoms with E-state index in [0.29, 0.717) is 33.9 Å². The van der Waals surface area contributed by atoms with E-state index >= 15 is 0 Å². The fraction of sp³-hybridized carbons (Fsp3) is 0.0435. The van der Waals surface area contributed by atoms with Crippen LogP contribution in [0.15, 0.2) is 73.2 Å². The van der Waals surface area contributed by atoms with Gasteiger partial charge in [-0.05, 0) is 55.5 Å². The second-order valence-corrected chi connectivity index (χ2v) is 6.57. The lowest BCUT2D eigenvalue weighted by molar-refractivity contribution is 0.102. The highest BCUT2D eigenvalue weighted by molar-refractivity contribution is 6.08. The normalized spacial score (nSPS) is 10.6. The largest absolute Gasteiger partial charge is 0.322 e. The number of benzene rings is 2. The van der Waals surface area contributed by atoms with Crippen molar-refractivity contribution in [3.8, 4) is 22.6 Å². The molecule has 2 aromatic heterocycles. The number of carbonyl (C=O) groups is 1. The van der Waals surface area contributed by atoms with Crippen LogP contribution in [0.25, 0.3) is 22.6 Å². The highest BCUT2D eigenvalue weighted by Gasteiger charge is 2.18. The van der Waals surface area contributed by atoms with Crippen LogP contribution in [0.4, 0.5) is 14.5 Å². The quantitative estimate of drug-likeness (QED) is 0.519. The van der Waals surface area contributed by atoms with Crippen molar-refractivity contribution in [1.82, 2.24) is 15.0 Å². The molecule has 0 aliphatic heterocycles. The average molecular weight is 402 g/mol. The van der Waals surface area contributed by atoms with E-state index in [9.17, 15) is 13.6 Å². The van der Waals surface area contributed by atoms with Gasteiger partial charge in [-0.25, -0.2) is 18.7 Å². The summed E-state index contributed by atoms with van der Waals surface area (Å²) in [5, 5.41) is 2.72. The van der Waals surface area contributed by atoms with Gasteiger partial charge < -0.3 is 5.32 Å². The topological polar surface area (TPSA) is 67.8 Å². The summed E-state index contributed by atoms with van der Waals surface area (Å²) < 4.78 is 27.1. The fourth-order valence-electron chi connectivity index (χ4n) is 2.95. The van der Waals surface area contributed by atoms with E-state index < -0.39 is 11.7 Å². The van der Waals surface area contributed by atoms with Gasteiger partial charge in [0.1, 0.15) is 11.6 Å². The molecule has 0 saturated heterocycles. The smallest absolute Gasteiger partial charge is 0.259 e. The Kier molecular flexibility index (Phi) is 5.26. The molecule has 0 atom stereocenters. The molecule has 7 heteroatoms. The average Bonchev–Trinajstić information content (AvgIpc) is 2.77. The second-order valence-electron chi connectivity index (χ2n) is 6.57. The number of rotatable bonds is 4. The molecule has 2 aromatic carbocycles. The van der Waals surface area contributed by atoms with E-state index in [0.717, 1.165) is 0 Å². The Morgan fingerprint density at radius 1 is 0.933 bits per heavy atom. The molecule has 0 radical (unpaired) electrons. The first-order valence-electron chi connectivity index (χ1n) is 9.13. The molecule has 0 aliphatic rings. The number of aromatic nitrogens is 3. The molecule has 0 aliphatic carbocycles. The van der Waals surface area contributed by atoms with Gasteiger partial charge in [0.25, 0.3) is 5.91 Å². The Hall–Kier alpha value is -4.00. The van der Waals surface area contributed by atoms with E-state index in [1.165, 1.54) is 30.5 Å². The van der Waals surface area contributed by atoms with Crippen molar-refractivity contribution in [2.24, 2.45) is 0 Å². The number of carbonyl (C=O) groups excluding carboxylic acids is 1. The van der Waals surface area contributed by atoms with Crippen LogP contribution in [-0.4, -0.2) is 20.9 Å². The van der Waals surface area contributed by atoms with Crippen molar-refractivity contribution < 1.29 is 13.6 Å². The lowest BCUT2D eigenvalue weighted by Gasteiger charge is -2.12. The first-order chi connectivity index (χ1) is 14.5. The third-order valence-corrected chi connectivity index (χ3v) is 4.61. The number of hydrogen-bond donors (Lipinski definition) is 1. The highest BCUT2D eigenvalue weighted by atomic mass is 19.1. The molecule has 2 heterocycles. The predicted octanol–water partition coefficient (Wildman–Crippen LogP) is 5.04. The van der Waals surface area contributed by atoms with E-state index in [1.54, 1.807) is 49.6 Å². The molecule has 0 bridgehead atoms. The van der Waals surface area contributed by atoms with Crippen molar-refractivity contribution in [2.45, 2.75) is 6.92 Å². The maximum absolute atomic E-state index is 13.8. The molecule has 0 spiro atoms. The molecule has 4 aromatic rings. The molecule has 1 amide bonds. The van der Waals surface area contributed by atoms with Crippen molar-refractivity contribution in [2.75, 3.05) is 5.32 Å². The van der Waals surface area contributed by atoms with Gasteiger partial charge in [-0.15, -0.1) is 0 Å². The number of halogens is 2. The summed E-state index contributed by atoms with van der Waals surface area (Å²) >= 11 is 0. The SMILES string of the molecule is Cc1c(F)cccc1NC(=O)c1cnc(-c2ccc(F)cc2)nc1-c1ccncc1. The molecule has 0 fully saturated rings. The zero-order chi connectivity index (χ0) is 21.1. The summed E-state index contributed by atoms with van der Waals surface area (Å²) in [6.45, 7) is 1.59. The van der Waals surface area contributed by atoms with Crippen LogP contribution < -0.4 is 5.32 Å². The Labute approximate surface area is 171 Å². The molecule has 30 heavy (non-hydrogen) atoms. The molecule has 5 nitrogen and oxygen atoms in total. The Morgan fingerprint density at radius 3 is 2.40 bits per heavy atom.